The largest absolute Gasteiger partial charge is 0.371 e. The van der Waals surface area contributed by atoms with Crippen LogP contribution >= 0.6 is 0 Å². The predicted octanol–water partition coefficient (Wildman–Crippen LogP) is 0.378. The number of nitrogens with one attached hydrogen (secondary N) is 2. The number of anilines is 2. The average Bonchev–Trinajstić information content (AvgIpc) is 2.17. The van der Waals surface area contributed by atoms with Crippen LogP contribution in [-0.2, 0) is 4.79 Å². The first-order valence-corrected chi connectivity index (χ1v) is 4.18. The van der Waals surface area contributed by atoms with Gasteiger partial charge in [0.1, 0.15) is 6.04 Å². The Bertz CT molecular complexity index is 337. The zero-order valence-corrected chi connectivity index (χ0v) is 7.08. The molecular formula is C9H11N3O. The van der Waals surface area contributed by atoms with Gasteiger partial charge in [-0.15, -0.1) is 0 Å². The van der Waals surface area contributed by atoms with Crippen molar-refractivity contribution in [1.29, 1.82) is 0 Å². The van der Waals surface area contributed by atoms with Gasteiger partial charge in [-0.2, -0.15) is 0 Å². The van der Waals surface area contributed by atoms with Gasteiger partial charge in [-0.1, -0.05) is 12.1 Å². The summed E-state index contributed by atoms with van der Waals surface area (Å²) in [6.45, 7) is 0.306. The third-order valence-electron chi connectivity index (χ3n) is 2.07. The van der Waals surface area contributed by atoms with Gasteiger partial charge in [-0.25, -0.2) is 0 Å². The van der Waals surface area contributed by atoms with Crippen LogP contribution in [0.3, 0.4) is 0 Å². The molecule has 1 aromatic rings. The number of fused-ring (bicyclic) bond motifs is 1. The van der Waals surface area contributed by atoms with Gasteiger partial charge in [0.25, 0.3) is 0 Å². The Labute approximate surface area is 76.1 Å². The summed E-state index contributed by atoms with van der Waals surface area (Å²) in [6, 6.07) is 7.25. The molecule has 1 aliphatic rings. The molecule has 2 rings (SSSR count). The lowest BCUT2D eigenvalue weighted by molar-refractivity contribution is -0.116. The Morgan fingerprint density at radius 1 is 1.31 bits per heavy atom. The number of rotatable bonds is 1. The highest BCUT2D eigenvalue weighted by Gasteiger charge is 2.22. The molecule has 1 aliphatic heterocycles. The van der Waals surface area contributed by atoms with Crippen LogP contribution in [0.2, 0.25) is 0 Å². The van der Waals surface area contributed by atoms with E-state index in [1.807, 2.05) is 24.3 Å². The van der Waals surface area contributed by atoms with Crippen LogP contribution in [0.4, 0.5) is 11.4 Å². The molecule has 1 heterocycles. The van der Waals surface area contributed by atoms with Crippen molar-refractivity contribution >= 4 is 17.3 Å². The molecule has 13 heavy (non-hydrogen) atoms. The van der Waals surface area contributed by atoms with E-state index >= 15 is 0 Å². The molecule has 68 valence electrons. The lowest BCUT2D eigenvalue weighted by Crippen LogP contribution is -2.43. The van der Waals surface area contributed by atoms with Crippen molar-refractivity contribution in [1.82, 2.24) is 0 Å². The van der Waals surface area contributed by atoms with E-state index in [1.165, 1.54) is 0 Å². The predicted molar refractivity (Wildman–Crippen MR) is 51.5 cm³/mol. The lowest BCUT2D eigenvalue weighted by Gasteiger charge is -2.25. The Morgan fingerprint density at radius 3 is 2.69 bits per heavy atom. The summed E-state index contributed by atoms with van der Waals surface area (Å²) in [5.41, 5.74) is 7.17. The van der Waals surface area contributed by atoms with Gasteiger partial charge in [0.2, 0.25) is 5.91 Å². The van der Waals surface area contributed by atoms with Crippen molar-refractivity contribution in [3.05, 3.63) is 24.3 Å². The Morgan fingerprint density at radius 2 is 2.00 bits per heavy atom. The second-order valence-electron chi connectivity index (χ2n) is 2.97. The zero-order chi connectivity index (χ0) is 9.26. The maximum Gasteiger partial charge on any atom is 0.248 e. The highest BCUT2D eigenvalue weighted by atomic mass is 16.2. The summed E-state index contributed by atoms with van der Waals surface area (Å²) in [4.78, 5) is 11.3. The third kappa shape index (κ3) is 1.36. The maximum atomic E-state index is 11.3. The average molecular weight is 177 g/mol. The molecule has 4 N–H and O–H groups in total. The third-order valence-corrected chi connectivity index (χ3v) is 2.07. The number of nitrogens with two attached hydrogens (primary N) is 1. The molecular weight excluding hydrogens is 166 g/mol. The standard InChI is InChI=1S/C9H11N3O/c10-5-8-9(13)12-7-4-2-1-3-6(7)11-8/h1-4,8,11H,5,10H2,(H,12,13). The second kappa shape index (κ2) is 3.06. The Balaban J connectivity index is 2.33. The highest BCUT2D eigenvalue weighted by Crippen LogP contribution is 2.25. The van der Waals surface area contributed by atoms with E-state index in [-0.39, 0.29) is 11.9 Å². The van der Waals surface area contributed by atoms with Crippen LogP contribution in [0, 0.1) is 0 Å². The molecule has 1 aromatic carbocycles. The first-order chi connectivity index (χ1) is 6.31. The van der Waals surface area contributed by atoms with Crippen LogP contribution in [0.1, 0.15) is 0 Å². The smallest absolute Gasteiger partial charge is 0.248 e. The fourth-order valence-corrected chi connectivity index (χ4v) is 1.36. The molecule has 1 atom stereocenters. The molecule has 1 amide bonds. The molecule has 0 radical (unpaired) electrons. The van der Waals surface area contributed by atoms with E-state index in [9.17, 15) is 4.79 Å². The number of carbonyl (C=O) groups excluding carboxylic acids is 1. The van der Waals surface area contributed by atoms with Crippen molar-refractivity contribution in [3.63, 3.8) is 0 Å². The van der Waals surface area contributed by atoms with Crippen molar-refractivity contribution in [2.24, 2.45) is 5.73 Å². The monoisotopic (exact) mass is 177 g/mol. The quantitative estimate of drug-likeness (QED) is 0.581. The van der Waals surface area contributed by atoms with Crippen molar-refractivity contribution in [2.45, 2.75) is 6.04 Å². The summed E-state index contributed by atoms with van der Waals surface area (Å²) in [5.74, 6) is -0.0683. The minimum absolute atomic E-state index is 0.0683. The van der Waals surface area contributed by atoms with Crippen LogP contribution in [-0.4, -0.2) is 18.5 Å². The molecule has 1 unspecified atom stereocenters. The van der Waals surface area contributed by atoms with Gasteiger partial charge >= 0.3 is 0 Å². The molecule has 0 saturated carbocycles. The van der Waals surface area contributed by atoms with Gasteiger partial charge < -0.3 is 16.4 Å². The highest BCUT2D eigenvalue weighted by molar-refractivity contribution is 6.03. The molecule has 0 fully saturated rings. The zero-order valence-electron chi connectivity index (χ0n) is 7.08. The summed E-state index contributed by atoms with van der Waals surface area (Å²) in [6.07, 6.45) is 0. The van der Waals surface area contributed by atoms with E-state index in [4.69, 9.17) is 5.73 Å². The SMILES string of the molecule is NCC1Nc2ccccc2NC1=O. The van der Waals surface area contributed by atoms with E-state index in [0.717, 1.165) is 11.4 Å². The summed E-state index contributed by atoms with van der Waals surface area (Å²) in [7, 11) is 0. The Hall–Kier alpha value is -1.55. The minimum Gasteiger partial charge on any atom is -0.371 e. The van der Waals surface area contributed by atoms with Crippen molar-refractivity contribution < 1.29 is 4.79 Å². The molecule has 4 heteroatoms. The second-order valence-corrected chi connectivity index (χ2v) is 2.97. The number of benzene rings is 1. The van der Waals surface area contributed by atoms with Crippen LogP contribution in [0.15, 0.2) is 24.3 Å². The number of hydrogen-bond acceptors (Lipinski definition) is 3. The van der Waals surface area contributed by atoms with Crippen LogP contribution < -0.4 is 16.4 Å². The summed E-state index contributed by atoms with van der Waals surface area (Å²) < 4.78 is 0. The lowest BCUT2D eigenvalue weighted by atomic mass is 10.1. The van der Waals surface area contributed by atoms with Crippen LogP contribution in [0.5, 0.6) is 0 Å². The number of hydrogen-bond donors (Lipinski definition) is 3. The molecule has 0 aliphatic carbocycles. The molecule has 4 nitrogen and oxygen atoms in total. The maximum absolute atomic E-state index is 11.3. The number of amides is 1. The Kier molecular flexibility index (Phi) is 1.90. The summed E-state index contributed by atoms with van der Waals surface area (Å²) in [5, 5.41) is 5.84. The van der Waals surface area contributed by atoms with E-state index in [1.54, 1.807) is 0 Å². The number of para-hydroxylation sites is 2. The van der Waals surface area contributed by atoms with E-state index in [0.29, 0.717) is 6.54 Å². The van der Waals surface area contributed by atoms with E-state index in [2.05, 4.69) is 10.6 Å². The van der Waals surface area contributed by atoms with Crippen LogP contribution in [0.25, 0.3) is 0 Å². The topological polar surface area (TPSA) is 67.2 Å². The van der Waals surface area contributed by atoms with Gasteiger partial charge in [0, 0.05) is 6.54 Å². The fourth-order valence-electron chi connectivity index (χ4n) is 1.36. The van der Waals surface area contributed by atoms with Gasteiger partial charge in [-0.05, 0) is 12.1 Å². The van der Waals surface area contributed by atoms with Gasteiger partial charge in [-0.3, -0.25) is 4.79 Å². The molecule has 0 saturated heterocycles. The molecule has 0 bridgehead atoms. The normalized spacial score (nSPS) is 20.1. The first kappa shape index (κ1) is 8.07. The molecule has 0 spiro atoms. The number of carbonyl (C=O) groups is 1. The first-order valence-electron chi connectivity index (χ1n) is 4.18. The van der Waals surface area contributed by atoms with E-state index < -0.39 is 0 Å². The molecule has 0 aromatic heterocycles. The fraction of sp³-hybridized carbons (Fsp3) is 0.222. The van der Waals surface area contributed by atoms with Gasteiger partial charge in [0.05, 0.1) is 11.4 Å². The summed E-state index contributed by atoms with van der Waals surface area (Å²) >= 11 is 0. The van der Waals surface area contributed by atoms with Crippen molar-refractivity contribution in [3.8, 4) is 0 Å². The minimum atomic E-state index is -0.310. The van der Waals surface area contributed by atoms with Crippen molar-refractivity contribution in [2.75, 3.05) is 17.2 Å². The van der Waals surface area contributed by atoms with Gasteiger partial charge in [0.15, 0.2) is 0 Å².